The van der Waals surface area contributed by atoms with Crippen molar-refractivity contribution in [3.63, 3.8) is 0 Å². The molecule has 1 amide bonds. The maximum Gasteiger partial charge on any atom is 0.222 e. The number of carbonyl (C=O) groups is 1. The fraction of sp³-hybridized carbons (Fsp3) is 0.579. The number of nitrogens with zero attached hydrogens (tertiary/aromatic N) is 3. The Kier molecular flexibility index (Phi) is 5.30. The van der Waals surface area contributed by atoms with Gasteiger partial charge < -0.3 is 4.90 Å². The van der Waals surface area contributed by atoms with Crippen molar-refractivity contribution in [3.8, 4) is 6.07 Å². The molecule has 1 aromatic carbocycles. The lowest BCUT2D eigenvalue weighted by Crippen LogP contribution is -2.41. The molecule has 0 radical (unpaired) electrons. The van der Waals surface area contributed by atoms with Crippen LogP contribution in [0.4, 0.5) is 0 Å². The molecule has 23 heavy (non-hydrogen) atoms. The Bertz CT molecular complexity index is 593. The van der Waals surface area contributed by atoms with Gasteiger partial charge in [0.05, 0.1) is 11.6 Å². The Morgan fingerprint density at radius 3 is 2.83 bits per heavy atom. The first-order valence-electron chi connectivity index (χ1n) is 8.78. The van der Waals surface area contributed by atoms with Crippen molar-refractivity contribution >= 4 is 5.91 Å². The molecule has 1 atom stereocenters. The summed E-state index contributed by atoms with van der Waals surface area (Å²) in [5, 5.41) is 9.28. The van der Waals surface area contributed by atoms with Gasteiger partial charge in [-0.3, -0.25) is 9.69 Å². The van der Waals surface area contributed by atoms with Crippen molar-refractivity contribution in [2.24, 2.45) is 0 Å². The minimum Gasteiger partial charge on any atom is -0.343 e. The van der Waals surface area contributed by atoms with E-state index in [1.54, 1.807) is 0 Å². The summed E-state index contributed by atoms with van der Waals surface area (Å²) in [7, 11) is 0. The summed E-state index contributed by atoms with van der Waals surface area (Å²) in [6, 6.07) is 10.7. The van der Waals surface area contributed by atoms with Crippen molar-refractivity contribution in [1.29, 1.82) is 5.26 Å². The Balaban J connectivity index is 1.62. The quantitative estimate of drug-likeness (QED) is 0.840. The molecule has 4 heteroatoms. The molecule has 122 valence electrons. The molecule has 0 spiro atoms. The van der Waals surface area contributed by atoms with Crippen LogP contribution in [0, 0.1) is 11.3 Å². The molecular formula is C19H25N3O. The van der Waals surface area contributed by atoms with E-state index in [0.29, 0.717) is 11.9 Å². The molecular weight excluding hydrogens is 286 g/mol. The second kappa shape index (κ2) is 7.61. The highest BCUT2D eigenvalue weighted by Crippen LogP contribution is 2.24. The van der Waals surface area contributed by atoms with E-state index < -0.39 is 0 Å². The van der Waals surface area contributed by atoms with Gasteiger partial charge in [-0.15, -0.1) is 0 Å². The maximum absolute atomic E-state index is 11.8. The standard InChI is InChI=1S/C19H25N3O/c20-14-16-6-1-2-7-17(16)15-22-11-4-3-8-18(22)10-13-21-12-5-9-19(21)23/h1-2,6-7,18H,3-5,8-13,15H2/t18-/m1/s1. The second-order valence-electron chi connectivity index (χ2n) is 6.66. The van der Waals surface area contributed by atoms with Crippen LogP contribution in [0.2, 0.25) is 0 Å². The minimum atomic E-state index is 0.321. The van der Waals surface area contributed by atoms with Crippen molar-refractivity contribution in [3.05, 3.63) is 35.4 Å². The van der Waals surface area contributed by atoms with Crippen LogP contribution in [-0.4, -0.2) is 41.4 Å². The third-order valence-corrected chi connectivity index (χ3v) is 5.16. The molecule has 2 aliphatic rings. The highest BCUT2D eigenvalue weighted by Gasteiger charge is 2.26. The van der Waals surface area contributed by atoms with Crippen molar-refractivity contribution in [1.82, 2.24) is 9.80 Å². The average Bonchev–Trinajstić information content (AvgIpc) is 3.00. The third kappa shape index (κ3) is 3.92. The van der Waals surface area contributed by atoms with Crippen molar-refractivity contribution < 1.29 is 4.79 Å². The van der Waals surface area contributed by atoms with Crippen LogP contribution < -0.4 is 0 Å². The largest absolute Gasteiger partial charge is 0.343 e. The van der Waals surface area contributed by atoms with Gasteiger partial charge in [0.15, 0.2) is 0 Å². The van der Waals surface area contributed by atoms with Gasteiger partial charge in [-0.2, -0.15) is 5.26 Å². The maximum atomic E-state index is 11.8. The topological polar surface area (TPSA) is 47.3 Å². The molecule has 2 aliphatic heterocycles. The summed E-state index contributed by atoms with van der Waals surface area (Å²) in [5.41, 5.74) is 1.91. The van der Waals surface area contributed by atoms with Gasteiger partial charge in [0.25, 0.3) is 0 Å². The first-order chi connectivity index (χ1) is 11.3. The van der Waals surface area contributed by atoms with Crippen LogP contribution in [0.5, 0.6) is 0 Å². The predicted octanol–water partition coefficient (Wildman–Crippen LogP) is 2.93. The minimum absolute atomic E-state index is 0.321. The van der Waals surface area contributed by atoms with E-state index in [0.717, 1.165) is 56.6 Å². The molecule has 2 heterocycles. The third-order valence-electron chi connectivity index (χ3n) is 5.16. The predicted molar refractivity (Wildman–Crippen MR) is 89.6 cm³/mol. The van der Waals surface area contributed by atoms with E-state index in [2.05, 4.69) is 17.0 Å². The van der Waals surface area contributed by atoms with Gasteiger partial charge in [0.2, 0.25) is 5.91 Å². The molecule has 0 saturated carbocycles. The highest BCUT2D eigenvalue weighted by atomic mass is 16.2. The van der Waals surface area contributed by atoms with Gasteiger partial charge >= 0.3 is 0 Å². The molecule has 0 bridgehead atoms. The second-order valence-corrected chi connectivity index (χ2v) is 6.66. The number of likely N-dealkylation sites (tertiary alicyclic amines) is 2. The number of benzene rings is 1. The van der Waals surface area contributed by atoms with Crippen LogP contribution in [0.25, 0.3) is 0 Å². The normalized spacial score (nSPS) is 22.3. The smallest absolute Gasteiger partial charge is 0.222 e. The fourth-order valence-corrected chi connectivity index (χ4v) is 3.83. The van der Waals surface area contributed by atoms with Crippen molar-refractivity contribution in [2.75, 3.05) is 19.6 Å². The van der Waals surface area contributed by atoms with E-state index in [-0.39, 0.29) is 0 Å². The van der Waals surface area contributed by atoms with Crippen LogP contribution in [0.1, 0.15) is 49.7 Å². The molecule has 4 nitrogen and oxygen atoms in total. The zero-order chi connectivity index (χ0) is 16.1. The summed E-state index contributed by atoms with van der Waals surface area (Å²) in [6.45, 7) is 3.77. The summed E-state index contributed by atoms with van der Waals surface area (Å²) in [4.78, 5) is 16.3. The van der Waals surface area contributed by atoms with E-state index in [1.165, 1.54) is 19.3 Å². The molecule has 0 aliphatic carbocycles. The van der Waals surface area contributed by atoms with Gasteiger partial charge in [0, 0.05) is 32.1 Å². The van der Waals surface area contributed by atoms with E-state index in [4.69, 9.17) is 0 Å². The molecule has 2 fully saturated rings. The van der Waals surface area contributed by atoms with Gasteiger partial charge in [-0.25, -0.2) is 0 Å². The Hall–Kier alpha value is -1.86. The number of hydrogen-bond acceptors (Lipinski definition) is 3. The van der Waals surface area contributed by atoms with E-state index >= 15 is 0 Å². The highest BCUT2D eigenvalue weighted by molar-refractivity contribution is 5.78. The molecule has 3 rings (SSSR count). The molecule has 0 unspecified atom stereocenters. The molecule has 2 saturated heterocycles. The van der Waals surface area contributed by atoms with Crippen LogP contribution in [0.15, 0.2) is 24.3 Å². The summed E-state index contributed by atoms with van der Waals surface area (Å²) in [6.07, 6.45) is 6.51. The van der Waals surface area contributed by atoms with Gasteiger partial charge in [-0.1, -0.05) is 24.6 Å². The van der Waals surface area contributed by atoms with E-state index in [9.17, 15) is 10.1 Å². The Morgan fingerprint density at radius 1 is 1.17 bits per heavy atom. The zero-order valence-corrected chi connectivity index (χ0v) is 13.7. The number of nitriles is 1. The van der Waals surface area contributed by atoms with E-state index in [1.807, 2.05) is 23.1 Å². The Morgan fingerprint density at radius 2 is 2.04 bits per heavy atom. The lowest BCUT2D eigenvalue weighted by atomic mass is 9.97. The number of carbonyl (C=O) groups excluding carboxylic acids is 1. The first-order valence-corrected chi connectivity index (χ1v) is 8.78. The van der Waals surface area contributed by atoms with Crippen LogP contribution in [0.3, 0.4) is 0 Å². The molecule has 0 N–H and O–H groups in total. The SMILES string of the molecule is N#Cc1ccccc1CN1CCCC[C@@H]1CCN1CCCC1=O. The summed E-state index contributed by atoms with van der Waals surface area (Å²) in [5.74, 6) is 0.321. The van der Waals surface area contributed by atoms with Crippen molar-refractivity contribution in [2.45, 2.75) is 51.1 Å². The molecule has 1 aromatic rings. The lowest BCUT2D eigenvalue weighted by molar-refractivity contribution is -0.127. The fourth-order valence-electron chi connectivity index (χ4n) is 3.83. The van der Waals surface area contributed by atoms with Crippen LogP contribution in [-0.2, 0) is 11.3 Å². The van der Waals surface area contributed by atoms with Crippen LogP contribution >= 0.6 is 0 Å². The first kappa shape index (κ1) is 16.0. The van der Waals surface area contributed by atoms with Gasteiger partial charge in [0.1, 0.15) is 0 Å². The number of rotatable bonds is 5. The summed E-state index contributed by atoms with van der Waals surface area (Å²) < 4.78 is 0. The van der Waals surface area contributed by atoms with Gasteiger partial charge in [-0.05, 0) is 43.9 Å². The monoisotopic (exact) mass is 311 g/mol. The average molecular weight is 311 g/mol. The zero-order valence-electron chi connectivity index (χ0n) is 13.7. The lowest BCUT2D eigenvalue weighted by Gasteiger charge is -2.36. The number of hydrogen-bond donors (Lipinski definition) is 0. The Labute approximate surface area is 138 Å². The number of amides is 1. The summed E-state index contributed by atoms with van der Waals surface area (Å²) >= 11 is 0. The molecule has 0 aromatic heterocycles. The number of piperidine rings is 1.